The van der Waals surface area contributed by atoms with Crippen molar-refractivity contribution in [1.29, 1.82) is 0 Å². The van der Waals surface area contributed by atoms with E-state index >= 15 is 0 Å². The van der Waals surface area contributed by atoms with Gasteiger partial charge in [0.15, 0.2) is 39.1 Å². The zero-order valence-electron chi connectivity index (χ0n) is 62.7. The van der Waals surface area contributed by atoms with E-state index in [0.717, 1.165) is 82.8 Å². The number of ketones is 8. The van der Waals surface area contributed by atoms with Crippen LogP contribution in [-0.4, -0.2) is 125 Å². The number of aryl methyl sites for hydroxylation is 1. The van der Waals surface area contributed by atoms with Gasteiger partial charge in [-0.2, -0.15) is 0 Å². The number of carbonyl (C=O) groups excluding carboxylic acids is 9. The molecule has 24 heteroatoms. The Balaban J connectivity index is 0.000000101. The number of nitrogens with zero attached hydrogens (tertiary/aromatic N) is 1. The zero-order valence-corrected chi connectivity index (χ0v) is 64.3. The summed E-state index contributed by atoms with van der Waals surface area (Å²) in [4.78, 5) is 113. The predicted molar refractivity (Wildman–Crippen MR) is 442 cm³/mol. The molecule has 0 amide bonds. The summed E-state index contributed by atoms with van der Waals surface area (Å²) in [5, 5.41) is 29.1. The van der Waals surface area contributed by atoms with E-state index in [2.05, 4.69) is 35.8 Å². The summed E-state index contributed by atoms with van der Waals surface area (Å²) in [5.41, 5.74) is 7.19. The Morgan fingerprint density at radius 1 is 0.407 bits per heavy atom. The molecule has 0 radical (unpaired) electrons. The molecule has 8 aliphatic rings. The molecule has 8 aliphatic heterocycles. The number of carbonyl (C=O) groups is 10. The number of benzene rings is 13. The van der Waals surface area contributed by atoms with Crippen LogP contribution < -0.4 is 37.9 Å². The molecule has 0 saturated heterocycles. The van der Waals surface area contributed by atoms with Crippen LogP contribution in [0.15, 0.2) is 249 Å². The maximum absolute atomic E-state index is 11.8. The number of carboxylic acids is 1. The summed E-state index contributed by atoms with van der Waals surface area (Å²) in [5.74, 6) is 2.75. The Labute approximate surface area is 679 Å². The number of aliphatic hydroxyl groups is 1. The van der Waals surface area contributed by atoms with E-state index in [9.17, 15) is 47.9 Å². The highest BCUT2D eigenvalue weighted by atomic mass is 35.5. The number of hydrogen-bond donors (Lipinski definition) is 2. The van der Waals surface area contributed by atoms with Crippen molar-refractivity contribution in [3.05, 3.63) is 298 Å². The molecule has 2 aromatic heterocycles. The standard InChI is InChI=1S/C16H13NO2.C14H8O2S.3C12H8O2.C10H7ClO4.C10H8O4.C8H6O3/c1-2-17-13-6-4-3-5-10(13)11-8-16-12(7-14(11)17)15(18)9-19-16;15-11-7-16-12-5-9-8-3-1-2-4-13(8)17-14(9)6-10(11)12;13-11-7-14-12-6-9-4-2-1-3-8(9)5-10(11)12;13-10-7-14-11-6-5-8-3-1-2-4-9(8)12(10)11;13-11-7-14-12-9-4-2-1-3-8(9)5-6-10(11)12;11-5-1-2-7-6(3-5)10(14)8(15-7)4-9(12)13;1-6(11)13-10-9(12)7-4-2-3-5-8(7)14-10;9-7-5-3-1-2-4-6(5)11-8(7)10/h3-8H,2,9H2,1H3;1-6H,7H2;3*1-6H,7H2;1-3,8H,4H2,(H,12,13);2-5,10H,1H3;1-4,8,10H. The first kappa shape index (κ1) is 77.5. The molecule has 0 aliphatic carbocycles. The van der Waals surface area contributed by atoms with E-state index in [1.807, 2.05) is 158 Å². The minimum Gasteiger partial charge on any atom is -0.485 e. The molecule has 0 bridgehead atoms. The van der Waals surface area contributed by atoms with Gasteiger partial charge in [-0.3, -0.25) is 47.9 Å². The molecular formula is C94H66ClNO21S. The molecule has 10 heterocycles. The van der Waals surface area contributed by atoms with E-state index in [1.54, 1.807) is 72.0 Å². The predicted octanol–water partition coefficient (Wildman–Crippen LogP) is 17.8. The lowest BCUT2D eigenvalue weighted by atomic mass is 10.0. The molecule has 22 nitrogen and oxygen atoms in total. The van der Waals surface area contributed by atoms with E-state index in [-0.39, 0.29) is 85.7 Å². The van der Waals surface area contributed by atoms with Crippen molar-refractivity contribution in [2.24, 2.45) is 0 Å². The van der Waals surface area contributed by atoms with Crippen molar-refractivity contribution in [3.63, 3.8) is 0 Å². The SMILES string of the molecule is CC(=O)OC1Oc2ccccc2C1=O.CCn1c2ccccc2c2cc3c(cc21)C(=O)CO3.O=C(O)CC1Oc2ccc(Cl)cc2C1=O.O=C1COc2c1ccc1ccccc21.O=C1COc2cc3c(cc21)sc1ccccc13.O=C1COc2cc3ccccc3cc21.O=C1COc2ccc3ccccc3c21.O=C1c2ccccc2OC1O. The van der Waals surface area contributed by atoms with Crippen LogP contribution in [0.4, 0.5) is 0 Å². The summed E-state index contributed by atoms with van der Waals surface area (Å²) < 4.78 is 51.3. The van der Waals surface area contributed by atoms with E-state index in [4.69, 9.17) is 64.4 Å². The molecule has 15 aromatic rings. The number of rotatable bonds is 4. The van der Waals surface area contributed by atoms with Crippen molar-refractivity contribution in [2.45, 2.75) is 45.5 Å². The smallest absolute Gasteiger partial charge is 0.308 e. The minimum absolute atomic E-state index is 0.0739. The highest BCUT2D eigenvalue weighted by molar-refractivity contribution is 7.25. The summed E-state index contributed by atoms with van der Waals surface area (Å²) in [6.45, 7) is 5.16. The molecule has 2 N–H and O–H groups in total. The van der Waals surface area contributed by atoms with Crippen molar-refractivity contribution in [1.82, 2.24) is 4.57 Å². The van der Waals surface area contributed by atoms with Gasteiger partial charge in [0, 0.05) is 60.3 Å². The Bertz CT molecular complexity index is 6680. The van der Waals surface area contributed by atoms with Crippen molar-refractivity contribution in [3.8, 4) is 46.0 Å². The molecule has 0 spiro atoms. The number of hydrogen-bond acceptors (Lipinski definition) is 21. The number of Topliss-reactive ketones (excluding diaryl/α,β-unsaturated/α-hetero) is 8. The lowest BCUT2D eigenvalue weighted by molar-refractivity contribution is -0.154. The molecule has 23 rings (SSSR count). The highest BCUT2D eigenvalue weighted by Crippen LogP contribution is 2.42. The number of para-hydroxylation sites is 3. The van der Waals surface area contributed by atoms with Crippen LogP contribution in [-0.2, 0) is 20.9 Å². The number of aliphatic carboxylic acids is 1. The Morgan fingerprint density at radius 2 is 0.915 bits per heavy atom. The third-order valence-electron chi connectivity index (χ3n) is 20.2. The van der Waals surface area contributed by atoms with Crippen LogP contribution in [0.25, 0.3) is 74.3 Å². The number of carboxylic acid groups (broad SMARTS) is 1. The second-order valence-electron chi connectivity index (χ2n) is 27.6. The monoisotopic (exact) mass is 1610 g/mol. The molecule has 13 aromatic carbocycles. The van der Waals surface area contributed by atoms with Gasteiger partial charge in [-0.15, -0.1) is 11.3 Å². The molecule has 118 heavy (non-hydrogen) atoms. The molecule has 0 saturated carbocycles. The first-order valence-electron chi connectivity index (χ1n) is 37.3. The van der Waals surface area contributed by atoms with Crippen LogP contribution in [0.3, 0.4) is 0 Å². The van der Waals surface area contributed by atoms with Crippen molar-refractivity contribution < 1.29 is 101 Å². The van der Waals surface area contributed by atoms with Gasteiger partial charge in [0.2, 0.25) is 46.3 Å². The van der Waals surface area contributed by atoms with Gasteiger partial charge in [0.25, 0.3) is 6.29 Å². The van der Waals surface area contributed by atoms with Crippen molar-refractivity contribution >= 4 is 155 Å². The van der Waals surface area contributed by atoms with Crippen molar-refractivity contribution in [2.75, 3.05) is 33.0 Å². The van der Waals surface area contributed by atoms with Crippen LogP contribution >= 0.6 is 22.9 Å². The first-order chi connectivity index (χ1) is 57.2. The van der Waals surface area contributed by atoms with Crippen LogP contribution in [0.5, 0.6) is 46.0 Å². The fourth-order valence-corrected chi connectivity index (χ4v) is 15.9. The molecular weight excluding hydrogens is 1550 g/mol. The van der Waals surface area contributed by atoms with Gasteiger partial charge in [-0.05, 0) is 137 Å². The van der Waals surface area contributed by atoms with E-state index < -0.39 is 30.6 Å². The molecule has 3 atom stereocenters. The second-order valence-corrected chi connectivity index (χ2v) is 29.1. The number of halogens is 1. The van der Waals surface area contributed by atoms with Crippen LogP contribution in [0.2, 0.25) is 5.02 Å². The number of aliphatic hydroxyl groups excluding tert-OH is 1. The molecule has 586 valence electrons. The largest absolute Gasteiger partial charge is 0.485 e. The normalized spacial score (nSPS) is 15.9. The maximum Gasteiger partial charge on any atom is 0.308 e. The van der Waals surface area contributed by atoms with Crippen LogP contribution in [0, 0.1) is 0 Å². The first-order valence-corrected chi connectivity index (χ1v) is 38.5. The van der Waals surface area contributed by atoms with E-state index in [1.165, 1.54) is 39.4 Å². The fraction of sp³-hybridized carbons (Fsp3) is 0.128. The van der Waals surface area contributed by atoms with Gasteiger partial charge in [0.1, 0.15) is 46.0 Å². The lowest BCUT2D eigenvalue weighted by Crippen LogP contribution is -2.26. The summed E-state index contributed by atoms with van der Waals surface area (Å²) in [6.07, 6.45) is -3.65. The fourth-order valence-electron chi connectivity index (χ4n) is 14.6. The highest BCUT2D eigenvalue weighted by Gasteiger charge is 2.37. The number of ether oxygens (including phenoxy) is 9. The average molecular weight is 1610 g/mol. The van der Waals surface area contributed by atoms with Gasteiger partial charge < -0.3 is 57.4 Å². The third-order valence-corrected chi connectivity index (χ3v) is 21.5. The Hall–Kier alpha value is -14.4. The number of aromatic nitrogens is 1. The van der Waals surface area contributed by atoms with Gasteiger partial charge in [0.05, 0.1) is 56.4 Å². The Kier molecular flexibility index (Phi) is 21.8. The van der Waals surface area contributed by atoms with E-state index in [0.29, 0.717) is 67.2 Å². The average Bonchev–Trinajstić information content (AvgIpc) is 1.60. The lowest BCUT2D eigenvalue weighted by Gasteiger charge is -2.07. The zero-order chi connectivity index (χ0) is 82.0. The summed E-state index contributed by atoms with van der Waals surface area (Å²) in [6, 6.07) is 78.0. The quantitative estimate of drug-likeness (QED) is 0.155. The molecule has 0 fully saturated rings. The topological polar surface area (TPSA) is 299 Å². The second kappa shape index (κ2) is 33.2. The number of thiophene rings is 1. The summed E-state index contributed by atoms with van der Waals surface area (Å²) >= 11 is 7.44. The number of fused-ring (bicyclic) bond motifs is 19. The van der Waals surface area contributed by atoms with Crippen LogP contribution in [0.1, 0.15) is 103 Å². The van der Waals surface area contributed by atoms with Gasteiger partial charge in [-0.25, -0.2) is 0 Å². The summed E-state index contributed by atoms with van der Waals surface area (Å²) in [7, 11) is 0. The molecule has 3 unspecified atom stereocenters. The van der Waals surface area contributed by atoms with Gasteiger partial charge >= 0.3 is 18.2 Å². The Morgan fingerprint density at radius 3 is 1.58 bits per heavy atom. The number of esters is 1. The van der Waals surface area contributed by atoms with Gasteiger partial charge in [-0.1, -0.05) is 157 Å². The minimum atomic E-state index is -1.30. The maximum atomic E-state index is 11.8. The third kappa shape index (κ3) is 15.6.